The summed E-state index contributed by atoms with van der Waals surface area (Å²) in [5.41, 5.74) is 0. The van der Waals surface area contributed by atoms with Crippen molar-refractivity contribution >= 4 is 0 Å². The van der Waals surface area contributed by atoms with E-state index in [2.05, 4.69) is 10.8 Å². The van der Waals surface area contributed by atoms with Crippen molar-refractivity contribution in [2.75, 3.05) is 0 Å². The molecule has 1 nitrogen and oxygen atoms in total. The zero-order valence-electron chi connectivity index (χ0n) is 8.61. The Morgan fingerprint density at radius 2 is 1.33 bits per heavy atom. The Labute approximate surface area is 98.4 Å². The maximum Gasteiger partial charge on any atom is 0.207 e. The minimum absolute atomic E-state index is 0.166. The molecule has 0 fully saturated rings. The van der Waals surface area contributed by atoms with Gasteiger partial charge in [0.1, 0.15) is 5.75 Å². The van der Waals surface area contributed by atoms with Crippen molar-refractivity contribution in [1.82, 2.24) is 0 Å². The summed E-state index contributed by atoms with van der Waals surface area (Å²) in [5.74, 6) is -11.9. The molecule has 0 bridgehead atoms. The molecule has 2 aromatic carbocycles. The molecule has 0 aliphatic heterocycles. The Balaban J connectivity index is 2.52. The van der Waals surface area contributed by atoms with Gasteiger partial charge in [-0.05, 0) is 6.07 Å². The molecule has 0 spiro atoms. The normalized spacial score (nSPS) is 10.5. The van der Waals surface area contributed by atoms with E-state index in [1.165, 1.54) is 18.2 Å². The van der Waals surface area contributed by atoms with E-state index in [4.69, 9.17) is 0 Å². The predicted octanol–water partition coefficient (Wildman–Crippen LogP) is 3.97. The molecule has 0 unspecified atom stereocenters. The SMILES string of the molecule is Fc1c(F)c(F)c(Oc2[c]cccc2)c(F)c1F. The van der Waals surface area contributed by atoms with Crippen molar-refractivity contribution in [2.24, 2.45) is 0 Å². The Kier molecular flexibility index (Phi) is 3.18. The topological polar surface area (TPSA) is 9.23 Å². The molecule has 2 rings (SSSR count). The van der Waals surface area contributed by atoms with E-state index in [1.807, 2.05) is 0 Å². The highest BCUT2D eigenvalue weighted by Gasteiger charge is 2.27. The van der Waals surface area contributed by atoms with Crippen molar-refractivity contribution < 1.29 is 26.7 Å². The summed E-state index contributed by atoms with van der Waals surface area (Å²) in [6, 6.07) is 8.06. The zero-order chi connectivity index (χ0) is 13.3. The van der Waals surface area contributed by atoms with Crippen LogP contribution in [0.4, 0.5) is 22.0 Å². The number of hydrogen-bond acceptors (Lipinski definition) is 1. The third-order valence-electron chi connectivity index (χ3n) is 2.06. The summed E-state index contributed by atoms with van der Waals surface area (Å²) in [4.78, 5) is 0. The Hall–Kier alpha value is -2.11. The van der Waals surface area contributed by atoms with Crippen LogP contribution in [0.3, 0.4) is 0 Å². The van der Waals surface area contributed by atoms with Gasteiger partial charge in [0.15, 0.2) is 0 Å². The van der Waals surface area contributed by atoms with Gasteiger partial charge < -0.3 is 4.74 Å². The summed E-state index contributed by atoms with van der Waals surface area (Å²) < 4.78 is 69.5. The first-order valence-corrected chi connectivity index (χ1v) is 4.68. The molecule has 0 aromatic heterocycles. The summed E-state index contributed by atoms with van der Waals surface area (Å²) >= 11 is 0. The molecule has 18 heavy (non-hydrogen) atoms. The average molecular weight is 259 g/mol. The van der Waals surface area contributed by atoms with E-state index in [-0.39, 0.29) is 5.75 Å². The fourth-order valence-electron chi connectivity index (χ4n) is 1.22. The Morgan fingerprint density at radius 1 is 0.778 bits per heavy atom. The Bertz CT molecular complexity index is 554. The number of hydrogen-bond donors (Lipinski definition) is 0. The molecule has 0 amide bonds. The fourth-order valence-corrected chi connectivity index (χ4v) is 1.22. The second-order valence-electron chi connectivity index (χ2n) is 3.23. The highest BCUT2D eigenvalue weighted by molar-refractivity contribution is 5.34. The first-order valence-electron chi connectivity index (χ1n) is 4.68. The fraction of sp³-hybridized carbons (Fsp3) is 0. The molecule has 0 saturated carbocycles. The maximum absolute atomic E-state index is 13.2. The molecule has 0 N–H and O–H groups in total. The van der Waals surface area contributed by atoms with Gasteiger partial charge in [-0.3, -0.25) is 0 Å². The van der Waals surface area contributed by atoms with E-state index in [9.17, 15) is 22.0 Å². The maximum atomic E-state index is 13.2. The van der Waals surface area contributed by atoms with Gasteiger partial charge in [0.2, 0.25) is 34.8 Å². The van der Waals surface area contributed by atoms with Gasteiger partial charge in [0.25, 0.3) is 0 Å². The van der Waals surface area contributed by atoms with E-state index in [0.29, 0.717) is 0 Å². The van der Waals surface area contributed by atoms with Gasteiger partial charge in [-0.1, -0.05) is 18.2 Å². The lowest BCUT2D eigenvalue weighted by atomic mass is 10.2. The summed E-state index contributed by atoms with van der Waals surface area (Å²) in [5, 5.41) is 0. The Morgan fingerprint density at radius 3 is 1.83 bits per heavy atom. The highest BCUT2D eigenvalue weighted by Crippen LogP contribution is 2.32. The van der Waals surface area contributed by atoms with Gasteiger partial charge in [-0.2, -0.15) is 8.78 Å². The van der Waals surface area contributed by atoms with Crippen LogP contribution in [0.25, 0.3) is 0 Å². The van der Waals surface area contributed by atoms with Crippen molar-refractivity contribution in [3.8, 4) is 11.5 Å². The number of para-hydroxylation sites is 1. The molecular formula is C12H4F5O. The quantitative estimate of drug-likeness (QED) is 0.450. The zero-order valence-corrected chi connectivity index (χ0v) is 8.61. The molecule has 6 heteroatoms. The molecule has 2 aromatic rings. The third-order valence-corrected chi connectivity index (χ3v) is 2.06. The second kappa shape index (κ2) is 4.64. The van der Waals surface area contributed by atoms with Crippen molar-refractivity contribution in [3.63, 3.8) is 0 Å². The largest absolute Gasteiger partial charge is 0.450 e. The predicted molar refractivity (Wildman–Crippen MR) is 51.6 cm³/mol. The van der Waals surface area contributed by atoms with Crippen molar-refractivity contribution in [1.29, 1.82) is 0 Å². The average Bonchev–Trinajstić information content (AvgIpc) is 2.40. The molecule has 0 heterocycles. The minimum atomic E-state index is -2.23. The van der Waals surface area contributed by atoms with Crippen LogP contribution in [0.5, 0.6) is 11.5 Å². The number of ether oxygens (including phenoxy) is 1. The van der Waals surface area contributed by atoms with E-state index in [1.54, 1.807) is 6.07 Å². The lowest BCUT2D eigenvalue weighted by Crippen LogP contribution is -2.04. The van der Waals surface area contributed by atoms with Gasteiger partial charge >= 0.3 is 0 Å². The van der Waals surface area contributed by atoms with Crippen LogP contribution in [0, 0.1) is 35.2 Å². The number of halogens is 5. The van der Waals surface area contributed by atoms with Crippen molar-refractivity contribution in [2.45, 2.75) is 0 Å². The molecule has 0 saturated heterocycles. The smallest absolute Gasteiger partial charge is 0.207 e. The summed E-state index contributed by atoms with van der Waals surface area (Å²) in [6.45, 7) is 0. The minimum Gasteiger partial charge on any atom is -0.450 e. The van der Waals surface area contributed by atoms with Crippen LogP contribution < -0.4 is 4.74 Å². The highest BCUT2D eigenvalue weighted by atomic mass is 19.2. The van der Waals surface area contributed by atoms with E-state index < -0.39 is 34.8 Å². The van der Waals surface area contributed by atoms with E-state index >= 15 is 0 Å². The lowest BCUT2D eigenvalue weighted by molar-refractivity contribution is 0.332. The second-order valence-corrected chi connectivity index (χ2v) is 3.23. The van der Waals surface area contributed by atoms with Crippen LogP contribution in [0.15, 0.2) is 24.3 Å². The van der Waals surface area contributed by atoms with Crippen LogP contribution in [0.1, 0.15) is 0 Å². The van der Waals surface area contributed by atoms with Crippen LogP contribution >= 0.6 is 0 Å². The van der Waals surface area contributed by atoms with Crippen LogP contribution in [-0.4, -0.2) is 0 Å². The first-order chi connectivity index (χ1) is 8.52. The van der Waals surface area contributed by atoms with Gasteiger partial charge in [0, 0.05) is 6.07 Å². The monoisotopic (exact) mass is 259 g/mol. The van der Waals surface area contributed by atoms with Gasteiger partial charge in [0.05, 0.1) is 0 Å². The van der Waals surface area contributed by atoms with Gasteiger partial charge in [-0.25, -0.2) is 13.2 Å². The molecule has 0 aliphatic rings. The number of rotatable bonds is 2. The third kappa shape index (κ3) is 2.01. The standard InChI is InChI=1S/C12H4F5O/c13-7-8(14)10(16)12(11(17)9(7)15)18-6-4-2-1-3-5-6/h1-4H. The van der Waals surface area contributed by atoms with Crippen LogP contribution in [-0.2, 0) is 0 Å². The summed E-state index contributed by atoms with van der Waals surface area (Å²) in [6.07, 6.45) is 0. The summed E-state index contributed by atoms with van der Waals surface area (Å²) in [7, 11) is 0. The first kappa shape index (κ1) is 12.3. The molecule has 0 atom stereocenters. The number of benzene rings is 2. The lowest BCUT2D eigenvalue weighted by Gasteiger charge is -2.09. The van der Waals surface area contributed by atoms with Crippen molar-refractivity contribution in [3.05, 3.63) is 59.4 Å². The molecule has 1 radical (unpaired) electrons. The van der Waals surface area contributed by atoms with Gasteiger partial charge in [-0.15, -0.1) is 0 Å². The molecular weight excluding hydrogens is 255 g/mol. The molecule has 0 aliphatic carbocycles. The molecule has 93 valence electrons. The van der Waals surface area contributed by atoms with E-state index in [0.717, 1.165) is 0 Å². The van der Waals surface area contributed by atoms with Crippen LogP contribution in [0.2, 0.25) is 0 Å².